The summed E-state index contributed by atoms with van der Waals surface area (Å²) in [5.74, 6) is 2.21. The van der Waals surface area contributed by atoms with E-state index >= 15 is 0 Å². The molecule has 2 N–H and O–H groups in total. The van der Waals surface area contributed by atoms with Gasteiger partial charge in [0.25, 0.3) is 0 Å². The summed E-state index contributed by atoms with van der Waals surface area (Å²) in [5.41, 5.74) is 7.06. The number of rotatable bonds is 25. The number of aromatic carboxylic acids is 2. The second kappa shape index (κ2) is 25.7. The average Bonchev–Trinajstić information content (AvgIpc) is 3.33. The van der Waals surface area contributed by atoms with Gasteiger partial charge in [-0.3, -0.25) is 9.98 Å². The number of carbonyl (C=O) groups is 2. The molecular weight excluding hydrogens is 880 g/mol. The molecule has 8 nitrogen and oxygen atoms in total. The Kier molecular flexibility index (Phi) is 19.4. The second-order valence-corrected chi connectivity index (χ2v) is 19.5. The molecule has 6 aromatic rings. The normalized spacial score (nSPS) is 12.5. The molecule has 2 unspecified atom stereocenters. The first-order chi connectivity index (χ1) is 33.2. The smallest absolute Gasteiger partial charge is 0.336 e. The van der Waals surface area contributed by atoms with Crippen molar-refractivity contribution in [1.29, 1.82) is 0 Å². The molecule has 0 aromatic heterocycles. The number of ether oxygens (including phenoxy) is 2. The van der Waals surface area contributed by atoms with Gasteiger partial charge in [-0.2, -0.15) is 0 Å². The predicted octanol–water partition coefficient (Wildman–Crippen LogP) is 16.7. The summed E-state index contributed by atoms with van der Waals surface area (Å²) in [6.45, 7) is 15.0. The largest absolute Gasteiger partial charge is 0.494 e. The Morgan fingerprint density at radius 2 is 0.971 bits per heavy atom. The molecule has 6 rings (SSSR count). The van der Waals surface area contributed by atoms with Gasteiger partial charge in [-0.15, -0.1) is 0 Å². The first kappa shape index (κ1) is 51.9. The van der Waals surface area contributed by atoms with Crippen LogP contribution in [0.3, 0.4) is 0 Å². The number of hydrogen-bond acceptors (Lipinski definition) is 6. The molecule has 0 saturated carbocycles. The van der Waals surface area contributed by atoms with E-state index in [1.54, 1.807) is 48.8 Å². The molecule has 360 valence electrons. The summed E-state index contributed by atoms with van der Waals surface area (Å²) in [6.07, 6.45) is 12.9. The van der Waals surface area contributed by atoms with E-state index in [1.807, 2.05) is 91.0 Å². The quantitative estimate of drug-likeness (QED) is 0.0552. The molecule has 0 spiro atoms. The third-order valence-electron chi connectivity index (χ3n) is 12.4. The molecule has 0 aliphatic heterocycles. The molecule has 0 aliphatic rings. The van der Waals surface area contributed by atoms with Crippen molar-refractivity contribution in [3.63, 3.8) is 0 Å². The van der Waals surface area contributed by atoms with Crippen LogP contribution in [0.1, 0.15) is 125 Å². The maximum atomic E-state index is 12.5. The fourth-order valence-corrected chi connectivity index (χ4v) is 8.53. The summed E-state index contributed by atoms with van der Waals surface area (Å²) < 4.78 is 12.0. The highest BCUT2D eigenvalue weighted by molar-refractivity contribution is 6.34. The average molecular weight is 948 g/mol. The zero-order valence-corrected chi connectivity index (χ0v) is 41.7. The Labute approximate surface area is 414 Å². The maximum Gasteiger partial charge on any atom is 0.336 e. The van der Waals surface area contributed by atoms with Crippen molar-refractivity contribution in [3.8, 4) is 44.9 Å². The SMILES string of the molecule is CC(C)CCCC(C)CCOc1ccc(N=Cc2ccc(C(=O)O)c(-c3cccc(-c4ccc(-c5cc(C=Nc6ccc(OCCC(C)CCCC(C)C)cc6)ccc5C(=O)O)c(Cl)c4)c3)c2)cc1. The summed E-state index contributed by atoms with van der Waals surface area (Å²) in [4.78, 5) is 34.2. The zero-order chi connectivity index (χ0) is 49.3. The van der Waals surface area contributed by atoms with Gasteiger partial charge < -0.3 is 19.7 Å². The minimum atomic E-state index is -1.07. The van der Waals surface area contributed by atoms with E-state index in [9.17, 15) is 19.8 Å². The van der Waals surface area contributed by atoms with Crippen LogP contribution in [0.2, 0.25) is 5.02 Å². The topological polar surface area (TPSA) is 118 Å². The van der Waals surface area contributed by atoms with Crippen LogP contribution in [0.15, 0.2) is 137 Å². The lowest BCUT2D eigenvalue weighted by Gasteiger charge is -2.13. The summed E-state index contributed by atoms with van der Waals surface area (Å²) in [5, 5.41) is 20.7. The Morgan fingerprint density at radius 3 is 1.45 bits per heavy atom. The van der Waals surface area contributed by atoms with E-state index in [0.717, 1.165) is 64.2 Å². The fourth-order valence-electron chi connectivity index (χ4n) is 8.25. The number of aliphatic imine (C=N–C) groups is 2. The van der Waals surface area contributed by atoms with Crippen molar-refractivity contribution in [3.05, 3.63) is 155 Å². The Bertz CT molecular complexity index is 2690. The first-order valence-corrected chi connectivity index (χ1v) is 24.8. The molecule has 0 amide bonds. The van der Waals surface area contributed by atoms with E-state index in [4.69, 9.17) is 21.1 Å². The zero-order valence-electron chi connectivity index (χ0n) is 41.0. The van der Waals surface area contributed by atoms with Crippen LogP contribution in [-0.4, -0.2) is 47.8 Å². The molecule has 9 heteroatoms. The number of benzene rings is 6. The van der Waals surface area contributed by atoms with Crippen LogP contribution < -0.4 is 9.47 Å². The molecule has 0 saturated heterocycles. The number of nitrogens with zero attached hydrogens (tertiary/aromatic N) is 2. The highest BCUT2D eigenvalue weighted by atomic mass is 35.5. The van der Waals surface area contributed by atoms with Gasteiger partial charge in [0.2, 0.25) is 0 Å². The standard InChI is InChI=1S/C60H67ClN2O6/c1-40(2)10-7-12-42(5)30-32-68-51-23-19-49(20-24-51)62-38-44-16-27-54(59(64)65)56(34-44)48-15-9-14-46(36-48)47-18-29-53(58(61)37-47)57-35-45(17-28-55(57)60(66)67)39-63-50-21-25-52(26-22-50)69-33-31-43(6)13-8-11-41(3)4/h9,14-29,34-43H,7-8,10-13,30-33H2,1-6H3,(H,64,65)(H,66,67). The molecule has 6 aromatic carbocycles. The molecule has 0 heterocycles. The lowest BCUT2D eigenvalue weighted by atomic mass is 9.93. The van der Waals surface area contributed by atoms with Gasteiger partial charge in [-0.05, 0) is 160 Å². The second-order valence-electron chi connectivity index (χ2n) is 19.1. The van der Waals surface area contributed by atoms with Crippen molar-refractivity contribution in [1.82, 2.24) is 0 Å². The Morgan fingerprint density at radius 1 is 0.507 bits per heavy atom. The molecular formula is C60H67ClN2O6. The third-order valence-corrected chi connectivity index (χ3v) is 12.7. The lowest BCUT2D eigenvalue weighted by Crippen LogP contribution is -2.04. The Balaban J connectivity index is 1.12. The van der Waals surface area contributed by atoms with Crippen molar-refractivity contribution in [2.24, 2.45) is 33.7 Å². The minimum Gasteiger partial charge on any atom is -0.494 e. The first-order valence-electron chi connectivity index (χ1n) is 24.4. The van der Waals surface area contributed by atoms with Crippen LogP contribution >= 0.6 is 11.6 Å². The maximum absolute atomic E-state index is 12.5. The van der Waals surface area contributed by atoms with E-state index in [2.05, 4.69) is 51.5 Å². The van der Waals surface area contributed by atoms with E-state index in [-0.39, 0.29) is 11.1 Å². The third kappa shape index (κ3) is 16.0. The Hall–Kier alpha value is -6.51. The van der Waals surface area contributed by atoms with E-state index < -0.39 is 11.9 Å². The minimum absolute atomic E-state index is 0.110. The van der Waals surface area contributed by atoms with Gasteiger partial charge in [0.1, 0.15) is 11.5 Å². The summed E-state index contributed by atoms with van der Waals surface area (Å²) in [7, 11) is 0. The predicted molar refractivity (Wildman–Crippen MR) is 285 cm³/mol. The number of carboxylic acid groups (broad SMARTS) is 2. The van der Waals surface area contributed by atoms with Crippen LogP contribution in [0, 0.1) is 23.7 Å². The van der Waals surface area contributed by atoms with Crippen LogP contribution in [-0.2, 0) is 0 Å². The molecule has 0 fully saturated rings. The van der Waals surface area contributed by atoms with Gasteiger partial charge >= 0.3 is 11.9 Å². The van der Waals surface area contributed by atoms with Gasteiger partial charge in [0.15, 0.2) is 0 Å². The summed E-state index contributed by atoms with van der Waals surface area (Å²) >= 11 is 6.97. The van der Waals surface area contributed by atoms with Crippen molar-refractivity contribution in [2.45, 2.75) is 92.9 Å². The van der Waals surface area contributed by atoms with Crippen LogP contribution in [0.25, 0.3) is 33.4 Å². The molecule has 0 aliphatic carbocycles. The van der Waals surface area contributed by atoms with Gasteiger partial charge in [0, 0.05) is 23.0 Å². The van der Waals surface area contributed by atoms with E-state index in [1.165, 1.54) is 38.5 Å². The fraction of sp³-hybridized carbons (Fsp3) is 0.333. The van der Waals surface area contributed by atoms with Gasteiger partial charge in [-0.1, -0.05) is 134 Å². The monoisotopic (exact) mass is 946 g/mol. The van der Waals surface area contributed by atoms with Crippen LogP contribution in [0.5, 0.6) is 11.5 Å². The summed E-state index contributed by atoms with van der Waals surface area (Å²) in [6, 6.07) is 38.6. The van der Waals surface area contributed by atoms with Crippen LogP contribution in [0.4, 0.5) is 11.4 Å². The molecule has 2 atom stereocenters. The highest BCUT2D eigenvalue weighted by Gasteiger charge is 2.17. The number of halogens is 1. The molecule has 0 radical (unpaired) electrons. The van der Waals surface area contributed by atoms with Gasteiger partial charge in [0.05, 0.1) is 35.7 Å². The van der Waals surface area contributed by atoms with Crippen molar-refractivity contribution in [2.75, 3.05) is 13.2 Å². The number of carboxylic acids is 2. The van der Waals surface area contributed by atoms with Gasteiger partial charge in [-0.25, -0.2) is 9.59 Å². The molecule has 0 bridgehead atoms. The lowest BCUT2D eigenvalue weighted by molar-refractivity contribution is 0.0687. The highest BCUT2D eigenvalue weighted by Crippen LogP contribution is 2.37. The number of hydrogen-bond donors (Lipinski definition) is 2. The van der Waals surface area contributed by atoms with Crippen molar-refractivity contribution >= 4 is 47.3 Å². The van der Waals surface area contributed by atoms with E-state index in [0.29, 0.717) is 57.9 Å². The van der Waals surface area contributed by atoms with Crippen molar-refractivity contribution < 1.29 is 29.3 Å². The molecule has 69 heavy (non-hydrogen) atoms.